The number of hydrogen-bond donors (Lipinski definition) is 2. The lowest BCUT2D eigenvalue weighted by atomic mass is 10.00. The molecule has 5 rings (SSSR count). The zero-order valence-electron chi connectivity index (χ0n) is 19.6. The van der Waals surface area contributed by atoms with Gasteiger partial charge in [0.15, 0.2) is 5.69 Å². The standard InChI is InChI=1S/C27H22N6O3/c1-17-23(27(36)33(32(17)2)19-12-7-4-8-13-19)24-20(16-18-10-5-3-6-11-18)26(30-28-24)31-29-25-21(34)14-9-15-22(25)35/h3-16,34-35H,1-2H3/b20-16+,31-29?. The van der Waals surface area contributed by atoms with Crippen molar-refractivity contribution in [2.75, 3.05) is 0 Å². The minimum atomic E-state index is -0.245. The topological polar surface area (TPSA) is 117 Å². The fraction of sp³-hybridized carbons (Fsp3) is 0.0741. The van der Waals surface area contributed by atoms with Crippen LogP contribution < -0.4 is 5.56 Å². The summed E-state index contributed by atoms with van der Waals surface area (Å²) in [6.07, 6.45) is 1.83. The molecule has 1 aromatic heterocycles. The summed E-state index contributed by atoms with van der Waals surface area (Å²) in [5, 5.41) is 36.8. The molecule has 9 nitrogen and oxygen atoms in total. The maximum Gasteiger partial charge on any atom is 0.281 e. The maximum absolute atomic E-state index is 13.6. The second kappa shape index (κ2) is 9.30. The molecule has 4 aromatic rings. The van der Waals surface area contributed by atoms with E-state index in [2.05, 4.69) is 20.4 Å². The molecule has 1 aliphatic heterocycles. The Hall–Kier alpha value is -5.05. The largest absolute Gasteiger partial charge is 0.505 e. The van der Waals surface area contributed by atoms with Crippen LogP contribution >= 0.6 is 0 Å². The summed E-state index contributed by atoms with van der Waals surface area (Å²) >= 11 is 0. The number of hydrogen-bond acceptors (Lipinski definition) is 7. The van der Waals surface area contributed by atoms with Crippen molar-refractivity contribution in [3.05, 3.63) is 112 Å². The monoisotopic (exact) mass is 478 g/mol. The molecule has 0 saturated heterocycles. The van der Waals surface area contributed by atoms with Crippen molar-refractivity contribution in [1.82, 2.24) is 9.36 Å². The van der Waals surface area contributed by atoms with Crippen molar-refractivity contribution in [1.29, 1.82) is 0 Å². The molecule has 0 aliphatic carbocycles. The molecule has 0 atom stereocenters. The number of phenols is 2. The van der Waals surface area contributed by atoms with Gasteiger partial charge in [0.1, 0.15) is 17.2 Å². The van der Waals surface area contributed by atoms with Crippen molar-refractivity contribution in [2.45, 2.75) is 6.92 Å². The van der Waals surface area contributed by atoms with Crippen molar-refractivity contribution >= 4 is 23.3 Å². The number of para-hydroxylation sites is 1. The third-order valence-corrected chi connectivity index (χ3v) is 5.88. The quantitative estimate of drug-likeness (QED) is 0.407. The summed E-state index contributed by atoms with van der Waals surface area (Å²) in [6, 6.07) is 23.1. The van der Waals surface area contributed by atoms with Gasteiger partial charge in [0.25, 0.3) is 5.56 Å². The number of phenolic OH excluding ortho intramolecular Hbond substituents is 2. The molecule has 36 heavy (non-hydrogen) atoms. The summed E-state index contributed by atoms with van der Waals surface area (Å²) in [4.78, 5) is 13.6. The molecule has 0 unspecified atom stereocenters. The summed E-state index contributed by atoms with van der Waals surface area (Å²) in [6.45, 7) is 1.85. The molecule has 0 amide bonds. The molecule has 2 N–H and O–H groups in total. The van der Waals surface area contributed by atoms with E-state index in [9.17, 15) is 15.0 Å². The average Bonchev–Trinajstić information content (AvgIpc) is 3.36. The molecule has 1 aliphatic rings. The van der Waals surface area contributed by atoms with Gasteiger partial charge in [-0.05, 0) is 42.8 Å². The van der Waals surface area contributed by atoms with Gasteiger partial charge in [0.05, 0.1) is 16.8 Å². The number of rotatable bonds is 4. The molecule has 0 saturated carbocycles. The fourth-order valence-corrected chi connectivity index (χ4v) is 3.98. The lowest BCUT2D eigenvalue weighted by molar-refractivity contribution is 0.452. The average molecular weight is 479 g/mol. The lowest BCUT2D eigenvalue weighted by Gasteiger charge is -2.07. The highest BCUT2D eigenvalue weighted by molar-refractivity contribution is 6.34. The zero-order chi connectivity index (χ0) is 25.2. The van der Waals surface area contributed by atoms with Crippen LogP contribution in [0.25, 0.3) is 11.8 Å². The van der Waals surface area contributed by atoms with Crippen molar-refractivity contribution in [3.8, 4) is 17.2 Å². The Morgan fingerprint density at radius 3 is 2.14 bits per heavy atom. The molecule has 2 heterocycles. The van der Waals surface area contributed by atoms with E-state index in [0.717, 1.165) is 11.3 Å². The summed E-state index contributed by atoms with van der Waals surface area (Å²) in [5.74, 6) is -0.307. The molecule has 178 valence electrons. The SMILES string of the molecule is Cc1c(C2=NN=C(N=Nc3c(O)cccc3O)/C2=C/c2ccccc2)c(=O)n(-c2ccccc2)n1C. The van der Waals surface area contributed by atoms with Gasteiger partial charge < -0.3 is 10.2 Å². The van der Waals surface area contributed by atoms with Gasteiger partial charge >= 0.3 is 0 Å². The van der Waals surface area contributed by atoms with Gasteiger partial charge in [-0.25, -0.2) is 4.68 Å². The Morgan fingerprint density at radius 2 is 1.47 bits per heavy atom. The van der Waals surface area contributed by atoms with Crippen LogP contribution in [0, 0.1) is 6.92 Å². The van der Waals surface area contributed by atoms with Crippen LogP contribution in [0.1, 0.15) is 16.8 Å². The summed E-state index contributed by atoms with van der Waals surface area (Å²) in [7, 11) is 1.81. The maximum atomic E-state index is 13.6. The molecule has 0 bridgehead atoms. The number of amidine groups is 1. The van der Waals surface area contributed by atoms with E-state index in [4.69, 9.17) is 0 Å². The van der Waals surface area contributed by atoms with Gasteiger partial charge in [0.2, 0.25) is 5.84 Å². The van der Waals surface area contributed by atoms with E-state index >= 15 is 0 Å². The first-order chi connectivity index (χ1) is 17.5. The highest BCUT2D eigenvalue weighted by Gasteiger charge is 2.29. The van der Waals surface area contributed by atoms with Gasteiger partial charge in [-0.15, -0.1) is 20.4 Å². The molecule has 0 spiro atoms. The predicted octanol–water partition coefficient (Wildman–Crippen LogP) is 4.88. The predicted molar refractivity (Wildman–Crippen MR) is 138 cm³/mol. The smallest absolute Gasteiger partial charge is 0.281 e. The Kier molecular flexibility index (Phi) is 5.87. The van der Waals surface area contributed by atoms with E-state index in [1.54, 1.807) is 9.36 Å². The fourth-order valence-electron chi connectivity index (χ4n) is 3.98. The first-order valence-corrected chi connectivity index (χ1v) is 11.2. The van der Waals surface area contributed by atoms with Crippen LogP contribution in [-0.4, -0.2) is 31.1 Å². The van der Waals surface area contributed by atoms with Crippen molar-refractivity contribution in [3.63, 3.8) is 0 Å². The highest BCUT2D eigenvalue weighted by atomic mass is 16.3. The van der Waals surface area contributed by atoms with Crippen LogP contribution in [0.5, 0.6) is 11.5 Å². The van der Waals surface area contributed by atoms with Gasteiger partial charge in [-0.1, -0.05) is 54.6 Å². The van der Waals surface area contributed by atoms with Crippen LogP contribution in [0.4, 0.5) is 5.69 Å². The zero-order valence-corrected chi connectivity index (χ0v) is 19.6. The van der Waals surface area contributed by atoms with Crippen LogP contribution in [0.15, 0.2) is 110 Å². The van der Waals surface area contributed by atoms with Gasteiger partial charge in [0, 0.05) is 12.7 Å². The first-order valence-electron chi connectivity index (χ1n) is 11.2. The third kappa shape index (κ3) is 4.03. The van der Waals surface area contributed by atoms with E-state index in [1.807, 2.05) is 80.7 Å². The number of nitrogens with zero attached hydrogens (tertiary/aromatic N) is 6. The van der Waals surface area contributed by atoms with Crippen molar-refractivity contribution in [2.24, 2.45) is 27.5 Å². The number of aromatic hydroxyl groups is 2. The number of azo groups is 1. The Balaban J connectivity index is 1.62. The van der Waals surface area contributed by atoms with Crippen molar-refractivity contribution < 1.29 is 10.2 Å². The van der Waals surface area contributed by atoms with Crippen LogP contribution in [0.2, 0.25) is 0 Å². The molecular formula is C27H22N6O3. The number of benzene rings is 3. The van der Waals surface area contributed by atoms with Gasteiger partial charge in [-0.3, -0.25) is 9.48 Å². The summed E-state index contributed by atoms with van der Waals surface area (Å²) < 4.78 is 3.35. The molecule has 3 aromatic carbocycles. The highest BCUT2D eigenvalue weighted by Crippen LogP contribution is 2.36. The minimum Gasteiger partial charge on any atom is -0.505 e. The van der Waals surface area contributed by atoms with E-state index < -0.39 is 0 Å². The third-order valence-electron chi connectivity index (χ3n) is 5.88. The Morgan fingerprint density at radius 1 is 0.833 bits per heavy atom. The second-order valence-corrected chi connectivity index (χ2v) is 8.12. The van der Waals surface area contributed by atoms with E-state index in [-0.39, 0.29) is 28.6 Å². The molecule has 9 heteroatoms. The van der Waals surface area contributed by atoms with Crippen LogP contribution in [-0.2, 0) is 7.05 Å². The Labute approximate surface area is 206 Å². The van der Waals surface area contributed by atoms with Gasteiger partial charge in [-0.2, -0.15) is 0 Å². The molecular weight excluding hydrogens is 456 g/mol. The summed E-state index contributed by atoms with van der Waals surface area (Å²) in [5.41, 5.74) is 3.19. The Bertz CT molecular complexity index is 1610. The molecule has 0 radical (unpaired) electrons. The normalized spacial score (nSPS) is 14.4. The minimum absolute atomic E-state index is 0.0879. The first kappa shape index (κ1) is 22.7. The second-order valence-electron chi connectivity index (χ2n) is 8.12. The molecule has 0 fully saturated rings. The van der Waals surface area contributed by atoms with Crippen LogP contribution in [0.3, 0.4) is 0 Å². The van der Waals surface area contributed by atoms with E-state index in [0.29, 0.717) is 22.5 Å². The lowest BCUT2D eigenvalue weighted by Crippen LogP contribution is -2.23. The number of aromatic nitrogens is 2. The van der Waals surface area contributed by atoms with E-state index in [1.165, 1.54) is 18.2 Å².